The Morgan fingerprint density at radius 3 is 0.293 bits per heavy atom. The molecule has 1 heteroatoms. The maximum atomic E-state index is 2.27. The molecule has 0 aliphatic carbocycles. The topological polar surface area (TPSA) is 0 Å². The predicted octanol–water partition coefficient (Wildman–Crippen LogP) is 15.9. The Labute approximate surface area is 288 Å². The van der Waals surface area contributed by atoms with Crippen molar-refractivity contribution in [1.82, 2.24) is 0 Å². The molecule has 0 N–H and O–H groups in total. The number of hydrogen-bond donors (Lipinski definition) is 0. The van der Waals surface area contributed by atoms with E-state index in [2.05, 4.69) is 55.4 Å². The van der Waals surface area contributed by atoms with Crippen LogP contribution in [0.2, 0.25) is 0 Å². The quantitative estimate of drug-likeness (QED) is 0.0626. The molecule has 0 atom stereocenters. The molecular weight excluding hydrogens is 503 g/mol. The van der Waals surface area contributed by atoms with E-state index in [1.165, 1.54) is 205 Å². The van der Waals surface area contributed by atoms with Gasteiger partial charge in [0.2, 0.25) is 0 Å². The normalized spacial score (nSPS) is 9.95. The van der Waals surface area contributed by atoms with E-state index >= 15 is 0 Å². The molecule has 0 rings (SSSR count). The molecule has 0 aromatic rings. The molecule has 0 unspecified atom stereocenters. The zero-order valence-corrected chi connectivity index (χ0v) is 30.6. The van der Waals surface area contributed by atoms with Gasteiger partial charge in [-0.1, -0.05) is 261 Å². The van der Waals surface area contributed by atoms with Crippen molar-refractivity contribution in [1.29, 1.82) is 0 Å². The van der Waals surface area contributed by atoms with Gasteiger partial charge in [-0.2, -0.15) is 0 Å². The second-order valence-corrected chi connectivity index (χ2v) is 12.5. The van der Waals surface area contributed by atoms with Gasteiger partial charge in [0, 0.05) is 0 Å². The van der Waals surface area contributed by atoms with Gasteiger partial charge >= 0.3 is 29.6 Å². The van der Waals surface area contributed by atoms with Crippen LogP contribution < -0.4 is 0 Å². The molecule has 0 fully saturated rings. The van der Waals surface area contributed by atoms with Crippen LogP contribution >= 0.6 is 0 Å². The third-order valence-corrected chi connectivity index (χ3v) is 7.83. The Morgan fingerprint density at radius 1 is 0.146 bits per heavy atom. The second-order valence-electron chi connectivity index (χ2n) is 12.5. The molecule has 0 aromatic heterocycles. The minimum atomic E-state index is 0. The third kappa shape index (κ3) is 74.2. The molecule has 0 spiro atoms. The van der Waals surface area contributed by atoms with Gasteiger partial charge in [0.15, 0.2) is 0 Å². The fourth-order valence-electron chi connectivity index (χ4n) is 4.83. The summed E-state index contributed by atoms with van der Waals surface area (Å²) in [5.41, 5.74) is 0. The Balaban J connectivity index is -0.000000139. The Bertz CT molecular complexity index is 231. The fourth-order valence-corrected chi connectivity index (χ4v) is 4.83. The minimum absolute atomic E-state index is 0. The zero-order valence-electron chi connectivity index (χ0n) is 30.6. The first-order valence-electron chi connectivity index (χ1n) is 19.7. The van der Waals surface area contributed by atoms with E-state index in [4.69, 9.17) is 0 Å². The van der Waals surface area contributed by atoms with Crippen molar-refractivity contribution >= 4 is 29.6 Å². The molecule has 0 saturated carbocycles. The maximum absolute atomic E-state index is 2.27. The van der Waals surface area contributed by atoms with Crippen molar-refractivity contribution in [2.75, 3.05) is 0 Å². The molecule has 0 aliphatic heterocycles. The van der Waals surface area contributed by atoms with Crippen LogP contribution in [0, 0.1) is 0 Å². The van der Waals surface area contributed by atoms with Gasteiger partial charge in [-0.05, 0) is 0 Å². The van der Waals surface area contributed by atoms with Gasteiger partial charge in [-0.3, -0.25) is 0 Å². The van der Waals surface area contributed by atoms with Crippen molar-refractivity contribution in [2.45, 2.75) is 261 Å². The Kier molecular flexibility index (Phi) is 75.8. The van der Waals surface area contributed by atoms with E-state index < -0.39 is 0 Å². The molecule has 0 aromatic carbocycles. The van der Waals surface area contributed by atoms with Crippen molar-refractivity contribution in [2.24, 2.45) is 0 Å². The number of rotatable bonds is 28. The van der Waals surface area contributed by atoms with Crippen LogP contribution in [0.25, 0.3) is 0 Å². The van der Waals surface area contributed by atoms with Gasteiger partial charge in [0.05, 0.1) is 0 Å². The van der Waals surface area contributed by atoms with E-state index in [9.17, 15) is 0 Å². The second kappa shape index (κ2) is 60.2. The molecule has 0 nitrogen and oxygen atoms in total. The first-order chi connectivity index (χ1) is 19.7. The average Bonchev–Trinajstić information content (AvgIpc) is 2.97. The van der Waals surface area contributed by atoms with Crippen LogP contribution in [-0.4, -0.2) is 29.6 Å². The summed E-state index contributed by atoms with van der Waals surface area (Å²) in [5, 5.41) is 0. The molecule has 250 valence electrons. The van der Waals surface area contributed by atoms with E-state index in [1.54, 1.807) is 0 Å². The van der Waals surface area contributed by atoms with Crippen LogP contribution in [0.4, 0.5) is 0 Å². The van der Waals surface area contributed by atoms with Gasteiger partial charge in [-0.15, -0.1) is 0 Å². The molecular formula is C40H89Na. The molecule has 0 heterocycles. The van der Waals surface area contributed by atoms with E-state index in [0.717, 1.165) is 0 Å². The van der Waals surface area contributed by atoms with Crippen LogP contribution in [-0.2, 0) is 0 Å². The summed E-state index contributed by atoms with van der Waals surface area (Å²) in [7, 11) is 0. The third-order valence-electron chi connectivity index (χ3n) is 7.83. The molecule has 41 heavy (non-hydrogen) atoms. The monoisotopic (exact) mass is 593 g/mol. The van der Waals surface area contributed by atoms with Gasteiger partial charge in [0.1, 0.15) is 0 Å². The predicted molar refractivity (Wildman–Crippen MR) is 200 cm³/mol. The molecule has 0 bridgehead atoms. The van der Waals surface area contributed by atoms with Gasteiger partial charge < -0.3 is 0 Å². The first-order valence-corrected chi connectivity index (χ1v) is 19.7. The number of unbranched alkanes of at least 4 members (excludes halogenated alkanes) is 28. The van der Waals surface area contributed by atoms with Crippen LogP contribution in [0.5, 0.6) is 0 Å². The van der Waals surface area contributed by atoms with Gasteiger partial charge in [0.25, 0.3) is 0 Å². The summed E-state index contributed by atoms with van der Waals surface area (Å²) >= 11 is 0. The molecule has 0 saturated heterocycles. The summed E-state index contributed by atoms with van der Waals surface area (Å²) in [6, 6.07) is 0. The first kappa shape index (κ1) is 51.6. The van der Waals surface area contributed by atoms with E-state index in [1.807, 2.05) is 0 Å². The van der Waals surface area contributed by atoms with Crippen molar-refractivity contribution < 1.29 is 0 Å². The zero-order chi connectivity index (χ0) is 30.6. The van der Waals surface area contributed by atoms with Crippen LogP contribution in [0.1, 0.15) is 261 Å². The SMILES string of the molecule is CCCCCCCCCC.CCCCCCCCCC.CCCCCCCCCC.CCCCCCCCCC.[NaH]. The summed E-state index contributed by atoms with van der Waals surface area (Å²) in [6.07, 6.45) is 45.8. The molecule has 0 amide bonds. The average molecular weight is 593 g/mol. The van der Waals surface area contributed by atoms with Crippen LogP contribution in [0.3, 0.4) is 0 Å². The van der Waals surface area contributed by atoms with Gasteiger partial charge in [-0.25, -0.2) is 0 Å². The summed E-state index contributed by atoms with van der Waals surface area (Å²) < 4.78 is 0. The molecule has 0 aliphatic rings. The number of hydrogen-bond acceptors (Lipinski definition) is 0. The summed E-state index contributed by atoms with van der Waals surface area (Å²) in [6.45, 7) is 18.2. The summed E-state index contributed by atoms with van der Waals surface area (Å²) in [5.74, 6) is 0. The Morgan fingerprint density at radius 2 is 0.220 bits per heavy atom. The van der Waals surface area contributed by atoms with Crippen molar-refractivity contribution in [3.8, 4) is 0 Å². The summed E-state index contributed by atoms with van der Waals surface area (Å²) in [4.78, 5) is 0. The van der Waals surface area contributed by atoms with Crippen molar-refractivity contribution in [3.05, 3.63) is 0 Å². The Hall–Kier alpha value is 1.00. The van der Waals surface area contributed by atoms with Crippen molar-refractivity contribution in [3.63, 3.8) is 0 Å². The van der Waals surface area contributed by atoms with E-state index in [0.29, 0.717) is 0 Å². The fraction of sp³-hybridized carbons (Fsp3) is 1.00. The standard InChI is InChI=1S/4C10H22.Na.H/c4*1-3-5-7-9-10-8-6-4-2;;/h4*3-10H2,1-2H3;;. The van der Waals surface area contributed by atoms with E-state index in [-0.39, 0.29) is 29.6 Å². The molecule has 0 radical (unpaired) electrons. The van der Waals surface area contributed by atoms with Crippen LogP contribution in [0.15, 0.2) is 0 Å².